The lowest BCUT2D eigenvalue weighted by Gasteiger charge is -2.09. The number of hydrogen-bond acceptors (Lipinski definition) is 3. The normalized spacial score (nSPS) is 12.8. The second-order valence-electron chi connectivity index (χ2n) is 3.14. The van der Waals surface area contributed by atoms with E-state index < -0.39 is 0 Å². The average Bonchev–Trinajstić information content (AvgIpc) is 2.17. The zero-order chi connectivity index (χ0) is 10.4. The molecule has 1 atom stereocenters. The monoisotopic (exact) mass is 258 g/mol. The Morgan fingerprint density at radius 1 is 1.43 bits per heavy atom. The third kappa shape index (κ3) is 4.19. The Hall–Kier alpha value is -0.420. The van der Waals surface area contributed by atoms with E-state index in [1.807, 2.05) is 24.3 Å². The highest BCUT2D eigenvalue weighted by molar-refractivity contribution is 9.10. The lowest BCUT2D eigenvalue weighted by molar-refractivity contribution is 0.109. The predicted molar refractivity (Wildman–Crippen MR) is 60.8 cm³/mol. The Morgan fingerprint density at radius 2 is 2.21 bits per heavy atom. The Morgan fingerprint density at radius 3 is 2.86 bits per heavy atom. The first kappa shape index (κ1) is 11.7. The molecule has 1 unspecified atom stereocenters. The second kappa shape index (κ2) is 6.14. The molecule has 0 saturated carbocycles. The second-order valence-corrected chi connectivity index (χ2v) is 4.06. The van der Waals surface area contributed by atoms with E-state index in [4.69, 9.17) is 16.2 Å². The zero-order valence-corrected chi connectivity index (χ0v) is 9.53. The summed E-state index contributed by atoms with van der Waals surface area (Å²) in [6.45, 7) is 1.54. The van der Waals surface area contributed by atoms with E-state index >= 15 is 0 Å². The van der Waals surface area contributed by atoms with Crippen LogP contribution in [0.1, 0.15) is 5.56 Å². The SMILES string of the molecule is NCC(N)COCc1cccc(Br)c1. The topological polar surface area (TPSA) is 61.3 Å². The minimum atomic E-state index is -0.0675. The van der Waals surface area contributed by atoms with Gasteiger partial charge < -0.3 is 16.2 Å². The molecule has 4 N–H and O–H groups in total. The van der Waals surface area contributed by atoms with Gasteiger partial charge in [0.2, 0.25) is 0 Å². The van der Waals surface area contributed by atoms with Gasteiger partial charge in [-0.3, -0.25) is 0 Å². The van der Waals surface area contributed by atoms with Crippen molar-refractivity contribution in [2.75, 3.05) is 13.2 Å². The Kier molecular flexibility index (Phi) is 5.11. The quantitative estimate of drug-likeness (QED) is 0.836. The minimum Gasteiger partial charge on any atom is -0.375 e. The number of rotatable bonds is 5. The molecule has 0 aliphatic carbocycles. The molecular formula is C10H15BrN2O. The van der Waals surface area contributed by atoms with Crippen LogP contribution in [0.5, 0.6) is 0 Å². The van der Waals surface area contributed by atoms with Crippen LogP contribution < -0.4 is 11.5 Å². The Balaban J connectivity index is 2.31. The fourth-order valence-corrected chi connectivity index (χ4v) is 1.47. The van der Waals surface area contributed by atoms with Gasteiger partial charge in [0.1, 0.15) is 0 Å². The van der Waals surface area contributed by atoms with Crippen LogP contribution >= 0.6 is 15.9 Å². The number of nitrogens with two attached hydrogens (primary N) is 2. The molecule has 0 spiro atoms. The summed E-state index contributed by atoms with van der Waals surface area (Å²) in [5.74, 6) is 0. The van der Waals surface area contributed by atoms with Crippen LogP contribution in [-0.4, -0.2) is 19.2 Å². The van der Waals surface area contributed by atoms with Crippen molar-refractivity contribution < 1.29 is 4.74 Å². The maximum atomic E-state index is 5.61. The van der Waals surface area contributed by atoms with Gasteiger partial charge in [-0.25, -0.2) is 0 Å². The highest BCUT2D eigenvalue weighted by Gasteiger charge is 1.99. The number of halogens is 1. The standard InChI is InChI=1S/C10H15BrN2O/c11-9-3-1-2-8(4-9)6-14-7-10(13)5-12/h1-4,10H,5-7,12-13H2. The molecule has 1 rings (SSSR count). The molecule has 0 saturated heterocycles. The summed E-state index contributed by atoms with van der Waals surface area (Å²) in [6.07, 6.45) is 0. The van der Waals surface area contributed by atoms with E-state index in [0.29, 0.717) is 19.8 Å². The maximum absolute atomic E-state index is 5.61. The predicted octanol–water partition coefficient (Wildman–Crippen LogP) is 1.25. The fourth-order valence-electron chi connectivity index (χ4n) is 1.02. The molecule has 0 aliphatic heterocycles. The van der Waals surface area contributed by atoms with Crippen LogP contribution in [-0.2, 0) is 11.3 Å². The van der Waals surface area contributed by atoms with Crippen molar-refractivity contribution in [3.8, 4) is 0 Å². The first-order valence-electron chi connectivity index (χ1n) is 4.50. The summed E-state index contributed by atoms with van der Waals surface area (Å²) in [4.78, 5) is 0. The average molecular weight is 259 g/mol. The van der Waals surface area contributed by atoms with Crippen molar-refractivity contribution >= 4 is 15.9 Å². The third-order valence-corrected chi connectivity index (χ3v) is 2.29. The molecule has 3 nitrogen and oxygen atoms in total. The van der Waals surface area contributed by atoms with E-state index in [9.17, 15) is 0 Å². The van der Waals surface area contributed by atoms with Crippen LogP contribution in [0.25, 0.3) is 0 Å². The molecule has 14 heavy (non-hydrogen) atoms. The lowest BCUT2D eigenvalue weighted by atomic mass is 10.2. The van der Waals surface area contributed by atoms with Crippen LogP contribution in [0.2, 0.25) is 0 Å². The zero-order valence-electron chi connectivity index (χ0n) is 7.95. The number of benzene rings is 1. The molecule has 0 aliphatic rings. The molecule has 1 aromatic carbocycles. The molecule has 78 valence electrons. The van der Waals surface area contributed by atoms with E-state index in [1.165, 1.54) is 0 Å². The fraction of sp³-hybridized carbons (Fsp3) is 0.400. The van der Waals surface area contributed by atoms with E-state index in [0.717, 1.165) is 10.0 Å². The van der Waals surface area contributed by atoms with E-state index in [-0.39, 0.29) is 6.04 Å². The van der Waals surface area contributed by atoms with E-state index in [2.05, 4.69) is 15.9 Å². The molecule has 0 heterocycles. The van der Waals surface area contributed by atoms with Gasteiger partial charge in [0, 0.05) is 17.1 Å². The van der Waals surface area contributed by atoms with Crippen molar-refractivity contribution in [2.24, 2.45) is 11.5 Å². The molecule has 0 fully saturated rings. The van der Waals surface area contributed by atoms with Crippen molar-refractivity contribution in [3.63, 3.8) is 0 Å². The largest absolute Gasteiger partial charge is 0.375 e. The van der Waals surface area contributed by atoms with Gasteiger partial charge in [0.25, 0.3) is 0 Å². The smallest absolute Gasteiger partial charge is 0.0718 e. The summed E-state index contributed by atoms with van der Waals surface area (Å²) < 4.78 is 6.46. The van der Waals surface area contributed by atoms with Crippen LogP contribution in [0.4, 0.5) is 0 Å². The van der Waals surface area contributed by atoms with Gasteiger partial charge in [-0.05, 0) is 17.7 Å². The Bertz CT molecular complexity index is 281. The Labute approximate surface area is 92.6 Å². The molecule has 0 amide bonds. The first-order valence-corrected chi connectivity index (χ1v) is 5.29. The summed E-state index contributed by atoms with van der Waals surface area (Å²) >= 11 is 3.40. The van der Waals surface area contributed by atoms with E-state index in [1.54, 1.807) is 0 Å². The van der Waals surface area contributed by atoms with Crippen LogP contribution in [0.3, 0.4) is 0 Å². The molecule has 4 heteroatoms. The van der Waals surface area contributed by atoms with Crippen molar-refractivity contribution in [1.82, 2.24) is 0 Å². The molecule has 1 aromatic rings. The highest BCUT2D eigenvalue weighted by atomic mass is 79.9. The van der Waals surface area contributed by atoms with Gasteiger partial charge >= 0.3 is 0 Å². The van der Waals surface area contributed by atoms with Crippen LogP contribution in [0.15, 0.2) is 28.7 Å². The van der Waals surface area contributed by atoms with Crippen LogP contribution in [0, 0.1) is 0 Å². The molecule has 0 bridgehead atoms. The molecular weight excluding hydrogens is 244 g/mol. The first-order chi connectivity index (χ1) is 6.72. The summed E-state index contributed by atoms with van der Waals surface area (Å²) in [7, 11) is 0. The van der Waals surface area contributed by atoms with Gasteiger partial charge in [0.05, 0.1) is 13.2 Å². The lowest BCUT2D eigenvalue weighted by Crippen LogP contribution is -2.34. The van der Waals surface area contributed by atoms with Gasteiger partial charge in [0.15, 0.2) is 0 Å². The third-order valence-electron chi connectivity index (χ3n) is 1.79. The number of ether oxygens (including phenoxy) is 1. The summed E-state index contributed by atoms with van der Waals surface area (Å²) in [5, 5.41) is 0. The van der Waals surface area contributed by atoms with Gasteiger partial charge in [-0.15, -0.1) is 0 Å². The van der Waals surface area contributed by atoms with Gasteiger partial charge in [-0.1, -0.05) is 28.1 Å². The summed E-state index contributed by atoms with van der Waals surface area (Å²) in [5.41, 5.74) is 12.1. The van der Waals surface area contributed by atoms with Gasteiger partial charge in [-0.2, -0.15) is 0 Å². The minimum absolute atomic E-state index is 0.0675. The van der Waals surface area contributed by atoms with Crippen molar-refractivity contribution in [2.45, 2.75) is 12.6 Å². The molecule has 0 aromatic heterocycles. The van der Waals surface area contributed by atoms with Crippen molar-refractivity contribution in [1.29, 1.82) is 0 Å². The highest BCUT2D eigenvalue weighted by Crippen LogP contribution is 2.12. The van der Waals surface area contributed by atoms with Crippen molar-refractivity contribution in [3.05, 3.63) is 34.3 Å². The molecule has 0 radical (unpaired) electrons. The number of hydrogen-bond donors (Lipinski definition) is 2. The summed E-state index contributed by atoms with van der Waals surface area (Å²) in [6, 6.07) is 7.93. The maximum Gasteiger partial charge on any atom is 0.0718 e.